The summed E-state index contributed by atoms with van der Waals surface area (Å²) in [5, 5.41) is 11.8. The molecule has 0 saturated carbocycles. The Hall–Kier alpha value is -3.60. The topological polar surface area (TPSA) is 75.6 Å². The summed E-state index contributed by atoms with van der Waals surface area (Å²) in [6, 6.07) is 20.6. The van der Waals surface area contributed by atoms with E-state index in [1.54, 1.807) is 42.5 Å². The Balaban J connectivity index is 1.72. The number of aryl methyl sites for hydroxylation is 1. The standard InChI is InChI=1S/C21H17NO4/c1-14-5-4-6-17(13-14)26-16-11-9-15(10-12-16)20(23)22-19-8-3-2-7-18(19)21(24)25/h2-13H,1H3,(H,22,23)(H,24,25). The van der Waals surface area contributed by atoms with Gasteiger partial charge in [0.05, 0.1) is 11.3 Å². The number of benzene rings is 3. The Labute approximate surface area is 150 Å². The molecule has 0 unspecified atom stereocenters. The van der Waals surface area contributed by atoms with E-state index in [9.17, 15) is 14.7 Å². The molecule has 0 fully saturated rings. The van der Waals surface area contributed by atoms with Gasteiger partial charge in [-0.3, -0.25) is 4.79 Å². The Morgan fingerprint density at radius 1 is 0.885 bits per heavy atom. The summed E-state index contributed by atoms with van der Waals surface area (Å²) in [4.78, 5) is 23.6. The molecule has 0 saturated heterocycles. The van der Waals surface area contributed by atoms with Gasteiger partial charge in [0.1, 0.15) is 11.5 Å². The number of aromatic carboxylic acids is 1. The molecule has 3 aromatic rings. The van der Waals surface area contributed by atoms with Crippen LogP contribution in [0.5, 0.6) is 11.5 Å². The first-order valence-electron chi connectivity index (χ1n) is 8.01. The third-order valence-electron chi connectivity index (χ3n) is 3.75. The molecule has 0 aliphatic rings. The molecule has 26 heavy (non-hydrogen) atoms. The molecule has 3 aromatic carbocycles. The number of carbonyl (C=O) groups excluding carboxylic acids is 1. The Bertz CT molecular complexity index is 948. The van der Waals surface area contributed by atoms with Gasteiger partial charge in [-0.2, -0.15) is 0 Å². The number of carboxylic acids is 1. The number of hydrogen-bond donors (Lipinski definition) is 2. The van der Waals surface area contributed by atoms with Crippen molar-refractivity contribution in [2.24, 2.45) is 0 Å². The molecule has 5 heteroatoms. The van der Waals surface area contributed by atoms with Crippen molar-refractivity contribution in [2.75, 3.05) is 5.32 Å². The molecule has 0 bridgehead atoms. The number of para-hydroxylation sites is 1. The highest BCUT2D eigenvalue weighted by Gasteiger charge is 2.13. The number of carboxylic acid groups (broad SMARTS) is 1. The minimum absolute atomic E-state index is 0.0419. The second kappa shape index (κ2) is 7.53. The van der Waals surface area contributed by atoms with Crippen LogP contribution in [0.2, 0.25) is 0 Å². The van der Waals surface area contributed by atoms with Gasteiger partial charge in [0.15, 0.2) is 0 Å². The third kappa shape index (κ3) is 4.08. The van der Waals surface area contributed by atoms with Crippen LogP contribution < -0.4 is 10.1 Å². The van der Waals surface area contributed by atoms with E-state index in [1.807, 2.05) is 31.2 Å². The van der Waals surface area contributed by atoms with Crippen LogP contribution in [-0.2, 0) is 0 Å². The molecule has 5 nitrogen and oxygen atoms in total. The van der Waals surface area contributed by atoms with Crippen LogP contribution >= 0.6 is 0 Å². The Kier molecular flexibility index (Phi) is 4.99. The van der Waals surface area contributed by atoms with Gasteiger partial charge in [-0.25, -0.2) is 4.79 Å². The number of ether oxygens (including phenoxy) is 1. The molecule has 2 N–H and O–H groups in total. The lowest BCUT2D eigenvalue weighted by atomic mass is 10.1. The predicted octanol–water partition coefficient (Wildman–Crippen LogP) is 4.74. The van der Waals surface area contributed by atoms with Crippen molar-refractivity contribution in [1.82, 2.24) is 0 Å². The minimum Gasteiger partial charge on any atom is -0.478 e. The van der Waals surface area contributed by atoms with E-state index in [0.717, 1.165) is 11.3 Å². The zero-order valence-corrected chi connectivity index (χ0v) is 14.1. The monoisotopic (exact) mass is 347 g/mol. The number of rotatable bonds is 5. The number of anilines is 1. The third-order valence-corrected chi connectivity index (χ3v) is 3.75. The van der Waals surface area contributed by atoms with Crippen LogP contribution in [-0.4, -0.2) is 17.0 Å². The van der Waals surface area contributed by atoms with Crippen molar-refractivity contribution in [2.45, 2.75) is 6.92 Å². The van der Waals surface area contributed by atoms with Gasteiger partial charge in [0.25, 0.3) is 5.91 Å². The van der Waals surface area contributed by atoms with Crippen LogP contribution in [0, 0.1) is 6.92 Å². The van der Waals surface area contributed by atoms with Gasteiger partial charge in [-0.1, -0.05) is 24.3 Å². The number of nitrogens with one attached hydrogen (secondary N) is 1. The van der Waals surface area contributed by atoms with Crippen LogP contribution in [0.25, 0.3) is 0 Å². The molecule has 130 valence electrons. The summed E-state index contributed by atoms with van der Waals surface area (Å²) in [7, 11) is 0. The number of hydrogen-bond acceptors (Lipinski definition) is 3. The van der Waals surface area contributed by atoms with E-state index >= 15 is 0 Å². The molecule has 0 aliphatic heterocycles. The first-order valence-corrected chi connectivity index (χ1v) is 8.01. The SMILES string of the molecule is Cc1cccc(Oc2ccc(C(=O)Nc3ccccc3C(=O)O)cc2)c1. The van der Waals surface area contributed by atoms with Gasteiger partial charge >= 0.3 is 5.97 Å². The van der Waals surface area contributed by atoms with Crippen molar-refractivity contribution >= 4 is 17.6 Å². The summed E-state index contributed by atoms with van der Waals surface area (Å²) < 4.78 is 5.75. The molecule has 3 rings (SSSR count). The first kappa shape index (κ1) is 17.2. The van der Waals surface area contributed by atoms with E-state index in [0.29, 0.717) is 11.3 Å². The van der Waals surface area contributed by atoms with Gasteiger partial charge < -0.3 is 15.2 Å². The fourth-order valence-corrected chi connectivity index (χ4v) is 2.46. The van der Waals surface area contributed by atoms with Crippen molar-refractivity contribution < 1.29 is 19.4 Å². The lowest BCUT2D eigenvalue weighted by Gasteiger charge is -2.09. The summed E-state index contributed by atoms with van der Waals surface area (Å²) >= 11 is 0. The van der Waals surface area contributed by atoms with Crippen LogP contribution in [0.3, 0.4) is 0 Å². The fourth-order valence-electron chi connectivity index (χ4n) is 2.46. The predicted molar refractivity (Wildman–Crippen MR) is 99.0 cm³/mol. The van der Waals surface area contributed by atoms with Gasteiger partial charge in [0.2, 0.25) is 0 Å². The van der Waals surface area contributed by atoms with Crippen molar-refractivity contribution in [3.05, 3.63) is 89.5 Å². The van der Waals surface area contributed by atoms with Crippen molar-refractivity contribution in [3.8, 4) is 11.5 Å². The van der Waals surface area contributed by atoms with Gasteiger partial charge in [0, 0.05) is 5.56 Å². The average Bonchev–Trinajstić information content (AvgIpc) is 2.62. The largest absolute Gasteiger partial charge is 0.478 e. The quantitative estimate of drug-likeness (QED) is 0.699. The Morgan fingerprint density at radius 3 is 2.31 bits per heavy atom. The van der Waals surface area contributed by atoms with E-state index in [1.165, 1.54) is 6.07 Å². The molecule has 0 radical (unpaired) electrons. The van der Waals surface area contributed by atoms with Crippen LogP contribution in [0.1, 0.15) is 26.3 Å². The minimum atomic E-state index is -1.09. The number of carbonyl (C=O) groups is 2. The molecular formula is C21H17NO4. The Morgan fingerprint density at radius 2 is 1.62 bits per heavy atom. The molecular weight excluding hydrogens is 330 g/mol. The second-order valence-electron chi connectivity index (χ2n) is 5.75. The first-order chi connectivity index (χ1) is 12.5. The fraction of sp³-hybridized carbons (Fsp3) is 0.0476. The highest BCUT2D eigenvalue weighted by molar-refractivity contribution is 6.07. The van der Waals surface area contributed by atoms with E-state index in [2.05, 4.69) is 5.32 Å². The van der Waals surface area contributed by atoms with Gasteiger partial charge in [-0.15, -0.1) is 0 Å². The summed E-state index contributed by atoms with van der Waals surface area (Å²) in [5.41, 5.74) is 1.79. The molecule has 0 aromatic heterocycles. The van der Waals surface area contributed by atoms with Crippen LogP contribution in [0.15, 0.2) is 72.8 Å². The van der Waals surface area contributed by atoms with E-state index in [-0.39, 0.29) is 17.2 Å². The van der Waals surface area contributed by atoms with Crippen LogP contribution in [0.4, 0.5) is 5.69 Å². The number of amides is 1. The second-order valence-corrected chi connectivity index (χ2v) is 5.75. The highest BCUT2D eigenvalue weighted by atomic mass is 16.5. The maximum atomic E-state index is 12.4. The molecule has 0 heterocycles. The summed E-state index contributed by atoms with van der Waals surface area (Å²) in [6.07, 6.45) is 0. The smallest absolute Gasteiger partial charge is 0.337 e. The van der Waals surface area contributed by atoms with Crippen molar-refractivity contribution in [1.29, 1.82) is 0 Å². The normalized spacial score (nSPS) is 10.2. The zero-order valence-electron chi connectivity index (χ0n) is 14.1. The molecule has 1 amide bonds. The highest BCUT2D eigenvalue weighted by Crippen LogP contribution is 2.23. The lowest BCUT2D eigenvalue weighted by Crippen LogP contribution is -2.14. The molecule has 0 atom stereocenters. The van der Waals surface area contributed by atoms with Crippen molar-refractivity contribution in [3.63, 3.8) is 0 Å². The average molecular weight is 347 g/mol. The molecule has 0 aliphatic carbocycles. The summed E-state index contributed by atoms with van der Waals surface area (Å²) in [5.74, 6) is -0.153. The van der Waals surface area contributed by atoms with Gasteiger partial charge in [-0.05, 0) is 61.0 Å². The maximum absolute atomic E-state index is 12.4. The van der Waals surface area contributed by atoms with E-state index in [4.69, 9.17) is 4.74 Å². The van der Waals surface area contributed by atoms with E-state index < -0.39 is 5.97 Å². The zero-order chi connectivity index (χ0) is 18.5. The molecule has 0 spiro atoms. The summed E-state index contributed by atoms with van der Waals surface area (Å²) in [6.45, 7) is 1.98. The maximum Gasteiger partial charge on any atom is 0.337 e. The lowest BCUT2D eigenvalue weighted by molar-refractivity contribution is 0.0698.